The summed E-state index contributed by atoms with van der Waals surface area (Å²) in [4.78, 5) is 27.5. The number of hydrogen-bond acceptors (Lipinski definition) is 6. The molecular weight excluding hydrogens is 399 g/mol. The van der Waals surface area contributed by atoms with Gasteiger partial charge in [0, 0.05) is 50.9 Å². The molecule has 0 spiro atoms. The Morgan fingerprint density at radius 1 is 0.867 bits per heavy atom. The lowest BCUT2D eigenvalue weighted by molar-refractivity contribution is -0.274. The van der Waals surface area contributed by atoms with Gasteiger partial charge in [-0.15, -0.1) is 13.2 Å². The van der Waals surface area contributed by atoms with E-state index in [2.05, 4.69) is 24.5 Å². The molecule has 0 bridgehead atoms. The largest absolute Gasteiger partial charge is 0.573 e. The lowest BCUT2D eigenvalue weighted by Crippen LogP contribution is -2.49. The average molecular weight is 421 g/mol. The molecular formula is C20H22F3N5O2. The first-order valence-electron chi connectivity index (χ1n) is 9.86. The second-order valence-corrected chi connectivity index (χ2v) is 7.28. The first-order valence-corrected chi connectivity index (χ1v) is 9.86. The summed E-state index contributed by atoms with van der Waals surface area (Å²) in [6.07, 6.45) is -0.838. The highest BCUT2D eigenvalue weighted by Gasteiger charge is 2.31. The van der Waals surface area contributed by atoms with Crippen LogP contribution in [-0.2, 0) is 0 Å². The van der Waals surface area contributed by atoms with E-state index < -0.39 is 6.36 Å². The number of alkyl halides is 3. The number of piperazine rings is 1. The molecule has 30 heavy (non-hydrogen) atoms. The molecule has 4 rings (SSSR count). The van der Waals surface area contributed by atoms with Crippen LogP contribution in [0.25, 0.3) is 0 Å². The van der Waals surface area contributed by atoms with E-state index in [9.17, 15) is 18.0 Å². The van der Waals surface area contributed by atoms with Crippen molar-refractivity contribution in [1.29, 1.82) is 0 Å². The van der Waals surface area contributed by atoms with Crippen LogP contribution in [0, 0.1) is 0 Å². The van der Waals surface area contributed by atoms with Crippen molar-refractivity contribution in [2.24, 2.45) is 0 Å². The SMILES string of the molecule is O=C(c1ccc(OC(F)(F)F)cc1)N1CCN(c2cc(N3CCCC3)ncn2)CC1. The molecule has 1 aromatic carbocycles. The number of halogens is 3. The minimum atomic E-state index is -4.75. The third-order valence-corrected chi connectivity index (χ3v) is 5.29. The minimum Gasteiger partial charge on any atom is -0.406 e. The Balaban J connectivity index is 1.35. The molecule has 2 fully saturated rings. The lowest BCUT2D eigenvalue weighted by Gasteiger charge is -2.35. The van der Waals surface area contributed by atoms with Gasteiger partial charge in [-0.25, -0.2) is 9.97 Å². The summed E-state index contributed by atoms with van der Waals surface area (Å²) in [5.41, 5.74) is 0.330. The smallest absolute Gasteiger partial charge is 0.406 e. The maximum atomic E-state index is 12.7. The van der Waals surface area contributed by atoms with E-state index in [-0.39, 0.29) is 11.7 Å². The number of aromatic nitrogens is 2. The van der Waals surface area contributed by atoms with Crippen molar-refractivity contribution in [3.05, 3.63) is 42.2 Å². The molecule has 2 aliphatic rings. The highest BCUT2D eigenvalue weighted by atomic mass is 19.4. The molecule has 3 heterocycles. The van der Waals surface area contributed by atoms with Gasteiger partial charge in [-0.3, -0.25) is 4.79 Å². The van der Waals surface area contributed by atoms with Crippen LogP contribution in [0.15, 0.2) is 36.7 Å². The molecule has 1 aromatic heterocycles. The van der Waals surface area contributed by atoms with Crippen molar-refractivity contribution in [2.45, 2.75) is 19.2 Å². The molecule has 2 aromatic rings. The zero-order chi connectivity index (χ0) is 21.1. The second-order valence-electron chi connectivity index (χ2n) is 7.28. The van der Waals surface area contributed by atoms with E-state index in [1.54, 1.807) is 11.2 Å². The Kier molecular flexibility index (Phi) is 5.65. The molecule has 0 radical (unpaired) electrons. The molecule has 10 heteroatoms. The van der Waals surface area contributed by atoms with Crippen LogP contribution in [0.3, 0.4) is 0 Å². The minimum absolute atomic E-state index is 0.214. The Morgan fingerprint density at radius 2 is 1.43 bits per heavy atom. The molecule has 0 N–H and O–H groups in total. The average Bonchev–Trinajstić information content (AvgIpc) is 3.28. The molecule has 7 nitrogen and oxygen atoms in total. The summed E-state index contributed by atoms with van der Waals surface area (Å²) in [7, 11) is 0. The van der Waals surface area contributed by atoms with Gasteiger partial charge in [0.25, 0.3) is 5.91 Å². The van der Waals surface area contributed by atoms with Gasteiger partial charge in [0.2, 0.25) is 0 Å². The normalized spacial score (nSPS) is 17.4. The maximum absolute atomic E-state index is 12.7. The Hall–Kier alpha value is -3.04. The van der Waals surface area contributed by atoms with E-state index in [1.807, 2.05) is 6.07 Å². The van der Waals surface area contributed by atoms with Gasteiger partial charge in [-0.1, -0.05) is 0 Å². The van der Waals surface area contributed by atoms with Crippen molar-refractivity contribution in [2.75, 3.05) is 49.1 Å². The topological polar surface area (TPSA) is 61.8 Å². The number of carbonyl (C=O) groups excluding carboxylic acids is 1. The number of benzene rings is 1. The third-order valence-electron chi connectivity index (χ3n) is 5.29. The molecule has 0 unspecified atom stereocenters. The van der Waals surface area contributed by atoms with E-state index in [0.29, 0.717) is 31.7 Å². The summed E-state index contributed by atoms with van der Waals surface area (Å²) >= 11 is 0. The fourth-order valence-corrected chi connectivity index (χ4v) is 3.75. The van der Waals surface area contributed by atoms with Crippen molar-refractivity contribution in [3.8, 4) is 5.75 Å². The fourth-order valence-electron chi connectivity index (χ4n) is 3.75. The number of hydrogen-bond donors (Lipinski definition) is 0. The molecule has 1 amide bonds. The van der Waals surface area contributed by atoms with Gasteiger partial charge in [0.05, 0.1) is 0 Å². The predicted molar refractivity (Wildman–Crippen MR) is 105 cm³/mol. The summed E-state index contributed by atoms with van der Waals surface area (Å²) in [6, 6.07) is 6.99. The zero-order valence-electron chi connectivity index (χ0n) is 16.3. The lowest BCUT2D eigenvalue weighted by atomic mass is 10.1. The van der Waals surface area contributed by atoms with E-state index in [0.717, 1.165) is 36.9 Å². The van der Waals surface area contributed by atoms with Crippen LogP contribution in [-0.4, -0.2) is 66.4 Å². The van der Waals surface area contributed by atoms with Gasteiger partial charge in [-0.05, 0) is 37.1 Å². The van der Waals surface area contributed by atoms with E-state index in [4.69, 9.17) is 0 Å². The summed E-state index contributed by atoms with van der Waals surface area (Å²) < 4.78 is 40.6. The number of amides is 1. The molecule has 0 aliphatic carbocycles. The van der Waals surface area contributed by atoms with E-state index >= 15 is 0 Å². The number of anilines is 2. The second kappa shape index (κ2) is 8.37. The van der Waals surface area contributed by atoms with Gasteiger partial charge >= 0.3 is 6.36 Å². The Labute approximate surface area is 172 Å². The van der Waals surface area contributed by atoms with Crippen molar-refractivity contribution < 1.29 is 22.7 Å². The van der Waals surface area contributed by atoms with Crippen LogP contribution < -0.4 is 14.5 Å². The van der Waals surface area contributed by atoms with Crippen LogP contribution in [0.2, 0.25) is 0 Å². The highest BCUT2D eigenvalue weighted by molar-refractivity contribution is 5.94. The van der Waals surface area contributed by atoms with Gasteiger partial charge in [0.1, 0.15) is 23.7 Å². The first kappa shape index (κ1) is 20.2. The Morgan fingerprint density at radius 3 is 2.00 bits per heavy atom. The van der Waals surface area contributed by atoms with Crippen LogP contribution in [0.5, 0.6) is 5.75 Å². The number of carbonyl (C=O) groups is 1. The molecule has 2 aliphatic heterocycles. The quantitative estimate of drug-likeness (QED) is 0.757. The van der Waals surface area contributed by atoms with E-state index in [1.165, 1.54) is 25.0 Å². The van der Waals surface area contributed by atoms with Crippen molar-refractivity contribution in [3.63, 3.8) is 0 Å². The molecule has 0 atom stereocenters. The van der Waals surface area contributed by atoms with Gasteiger partial charge < -0.3 is 19.4 Å². The first-order chi connectivity index (χ1) is 14.4. The van der Waals surface area contributed by atoms with Crippen molar-refractivity contribution >= 4 is 17.5 Å². The van der Waals surface area contributed by atoms with Crippen LogP contribution in [0.4, 0.5) is 24.8 Å². The fraction of sp³-hybridized carbons (Fsp3) is 0.450. The summed E-state index contributed by atoms with van der Waals surface area (Å²) in [6.45, 7) is 4.26. The van der Waals surface area contributed by atoms with Crippen molar-refractivity contribution in [1.82, 2.24) is 14.9 Å². The Bertz CT molecular complexity index is 877. The summed E-state index contributed by atoms with van der Waals surface area (Å²) in [5.74, 6) is 1.21. The van der Waals surface area contributed by atoms with Gasteiger partial charge in [-0.2, -0.15) is 0 Å². The summed E-state index contributed by atoms with van der Waals surface area (Å²) in [5, 5.41) is 0. The molecule has 160 valence electrons. The van der Waals surface area contributed by atoms with Gasteiger partial charge in [0.15, 0.2) is 0 Å². The number of ether oxygens (including phenoxy) is 1. The maximum Gasteiger partial charge on any atom is 0.573 e. The molecule has 2 saturated heterocycles. The monoisotopic (exact) mass is 421 g/mol. The molecule has 0 saturated carbocycles. The zero-order valence-corrected chi connectivity index (χ0v) is 16.3. The van der Waals surface area contributed by atoms with Crippen LogP contribution >= 0.6 is 0 Å². The standard InChI is InChI=1S/C20H22F3N5O2/c21-20(22,23)30-16-5-3-15(4-6-16)19(29)28-11-9-27(10-12-28)18-13-17(24-14-25-18)26-7-1-2-8-26/h3-6,13-14H,1-2,7-12H2. The number of rotatable bonds is 4. The predicted octanol–water partition coefficient (Wildman–Crippen LogP) is 2.94. The van der Waals surface area contributed by atoms with Crippen LogP contribution in [0.1, 0.15) is 23.2 Å². The number of nitrogens with zero attached hydrogens (tertiary/aromatic N) is 5. The third kappa shape index (κ3) is 4.74. The highest BCUT2D eigenvalue weighted by Crippen LogP contribution is 2.24.